The zero-order valence-electron chi connectivity index (χ0n) is 8.59. The number of hydrogen-bond donors (Lipinski definition) is 0. The molecule has 2 aliphatic rings. The van der Waals surface area contributed by atoms with Crippen molar-refractivity contribution in [2.75, 3.05) is 7.05 Å². The van der Waals surface area contributed by atoms with Crippen LogP contribution in [-0.4, -0.2) is 17.8 Å². The maximum Gasteiger partial charge on any atom is 0.0245 e. The smallest absolute Gasteiger partial charge is 0.0245 e. The van der Waals surface area contributed by atoms with Crippen LogP contribution in [0.2, 0.25) is 0 Å². The molecule has 70 valence electrons. The zero-order valence-corrected chi connectivity index (χ0v) is 9.75. The van der Waals surface area contributed by atoms with Crippen molar-refractivity contribution < 1.29 is 0 Å². The lowest BCUT2D eigenvalue weighted by atomic mass is 9.99. The molecule has 2 aliphatic carbocycles. The summed E-state index contributed by atoms with van der Waals surface area (Å²) >= 11 is 0. The first kappa shape index (κ1) is 8.97. The number of hydrogen-bond acceptors (Lipinski definition) is 1. The summed E-state index contributed by atoms with van der Waals surface area (Å²) < 4.78 is 2.34. The van der Waals surface area contributed by atoms with Crippen LogP contribution in [0.3, 0.4) is 0 Å². The van der Waals surface area contributed by atoms with Crippen molar-refractivity contribution in [2.24, 2.45) is 16.7 Å². The van der Waals surface area contributed by atoms with E-state index in [2.05, 4.69) is 41.9 Å². The molecule has 0 aromatic rings. The van der Waals surface area contributed by atoms with Gasteiger partial charge in [-0.05, 0) is 36.6 Å². The summed E-state index contributed by atoms with van der Waals surface area (Å²) in [5.41, 5.74) is 1.23. The number of nitrogens with zero attached hydrogens (tertiary/aromatic N) is 1. The summed E-state index contributed by atoms with van der Waals surface area (Å²) in [5, 5.41) is 0. The van der Waals surface area contributed by atoms with Gasteiger partial charge in [-0.2, -0.15) is 0 Å². The van der Waals surface area contributed by atoms with E-state index in [0.717, 1.165) is 12.0 Å². The van der Waals surface area contributed by atoms with Crippen molar-refractivity contribution in [3.8, 4) is 0 Å². The Labute approximate surface area is 78.2 Å². The average Bonchev–Trinajstić information content (AvgIpc) is 2.15. The van der Waals surface area contributed by atoms with Crippen molar-refractivity contribution in [1.29, 1.82) is 0 Å². The van der Waals surface area contributed by atoms with Crippen LogP contribution in [-0.2, 0) is 0 Å². The van der Waals surface area contributed by atoms with Gasteiger partial charge in [0.05, 0.1) is 0 Å². The second-order valence-electron chi connectivity index (χ2n) is 5.42. The third kappa shape index (κ3) is 0.822. The van der Waals surface area contributed by atoms with Crippen LogP contribution >= 0.6 is 9.39 Å². The third-order valence-corrected chi connectivity index (χ3v) is 4.68. The topological polar surface area (TPSA) is 3.24 Å². The quantitative estimate of drug-likeness (QED) is 0.567. The van der Waals surface area contributed by atoms with Gasteiger partial charge in [-0.1, -0.05) is 30.2 Å². The molecule has 1 nitrogen and oxygen atoms in total. The van der Waals surface area contributed by atoms with E-state index in [0.29, 0.717) is 10.8 Å². The Morgan fingerprint density at radius 2 is 1.67 bits per heavy atom. The Balaban J connectivity index is 2.20. The molecule has 5 atom stereocenters. The van der Waals surface area contributed by atoms with Gasteiger partial charge in [0, 0.05) is 6.04 Å². The molecule has 3 unspecified atom stereocenters. The lowest BCUT2D eigenvalue weighted by molar-refractivity contribution is 0.349. The summed E-state index contributed by atoms with van der Waals surface area (Å²) in [6.07, 6.45) is 2.85. The van der Waals surface area contributed by atoms with Gasteiger partial charge in [-0.15, -0.1) is 0 Å². The molecule has 0 radical (unpaired) electrons. The van der Waals surface area contributed by atoms with Crippen molar-refractivity contribution in [3.05, 3.63) is 0 Å². The Bertz CT molecular complexity index is 198. The normalized spacial score (nSPS) is 57.5. The highest BCUT2D eigenvalue weighted by Gasteiger charge is 2.74. The highest BCUT2D eigenvalue weighted by molar-refractivity contribution is 7.13. The minimum atomic E-state index is 0.614. The van der Waals surface area contributed by atoms with E-state index in [-0.39, 0.29) is 0 Å². The predicted octanol–water partition coefficient (Wildman–Crippen LogP) is 2.53. The second kappa shape index (κ2) is 2.25. The van der Waals surface area contributed by atoms with E-state index in [1.165, 1.54) is 12.8 Å². The van der Waals surface area contributed by atoms with Gasteiger partial charge < -0.3 is 0 Å². The minimum absolute atomic E-state index is 0.614. The maximum absolute atomic E-state index is 2.83. The molecule has 0 saturated heterocycles. The molecule has 0 heterocycles. The van der Waals surface area contributed by atoms with Crippen LogP contribution in [0.4, 0.5) is 0 Å². The Morgan fingerprint density at radius 1 is 1.25 bits per heavy atom. The average molecular weight is 185 g/mol. The molecule has 0 amide bonds. The molecule has 0 aliphatic heterocycles. The van der Waals surface area contributed by atoms with Crippen LogP contribution in [0.1, 0.15) is 33.6 Å². The van der Waals surface area contributed by atoms with E-state index >= 15 is 0 Å². The van der Waals surface area contributed by atoms with E-state index in [1.54, 1.807) is 0 Å². The second-order valence-corrected chi connectivity index (χ2v) is 6.23. The third-order valence-electron chi connectivity index (χ3n) is 4.38. The molecule has 2 heteroatoms. The Morgan fingerprint density at radius 3 is 2.00 bits per heavy atom. The summed E-state index contributed by atoms with van der Waals surface area (Å²) in [6, 6.07) is 0.811. The first-order chi connectivity index (χ1) is 5.42. The Hall–Kier alpha value is 0.390. The lowest BCUT2D eigenvalue weighted by Gasteiger charge is -2.19. The fraction of sp³-hybridized carbons (Fsp3) is 1.00. The van der Waals surface area contributed by atoms with Crippen LogP contribution < -0.4 is 0 Å². The fourth-order valence-corrected chi connectivity index (χ4v) is 4.69. The summed E-state index contributed by atoms with van der Waals surface area (Å²) in [5.74, 6) is 0.946. The van der Waals surface area contributed by atoms with Crippen molar-refractivity contribution in [1.82, 2.24) is 4.67 Å². The van der Waals surface area contributed by atoms with Crippen molar-refractivity contribution >= 4 is 9.39 Å². The minimum Gasteiger partial charge on any atom is -0.286 e. The van der Waals surface area contributed by atoms with E-state index < -0.39 is 0 Å². The van der Waals surface area contributed by atoms with Gasteiger partial charge in [0.15, 0.2) is 0 Å². The summed E-state index contributed by atoms with van der Waals surface area (Å²) in [6.45, 7) is 7.31. The van der Waals surface area contributed by atoms with Gasteiger partial charge in [0.25, 0.3) is 0 Å². The van der Waals surface area contributed by atoms with Crippen molar-refractivity contribution in [3.63, 3.8) is 0 Å². The fourth-order valence-electron chi connectivity index (χ4n) is 4.03. The maximum atomic E-state index is 2.83. The van der Waals surface area contributed by atoms with Gasteiger partial charge in [-0.3, -0.25) is 4.67 Å². The monoisotopic (exact) mass is 185 g/mol. The first-order valence-electron chi connectivity index (χ1n) is 4.89. The van der Waals surface area contributed by atoms with Gasteiger partial charge in [-0.25, -0.2) is 0 Å². The largest absolute Gasteiger partial charge is 0.286 e. The molecule has 0 spiro atoms. The van der Waals surface area contributed by atoms with Gasteiger partial charge >= 0.3 is 0 Å². The molecule has 0 N–H and O–H groups in total. The summed E-state index contributed by atoms with van der Waals surface area (Å²) in [7, 11) is 5.02. The van der Waals surface area contributed by atoms with Crippen LogP contribution in [0.25, 0.3) is 0 Å². The molecular formula is C10H20NP. The number of fused-ring (bicyclic) bond motifs is 1. The standard InChI is InChI=1S/C10H20NP/c1-7-5-9(2)8(11(4)12)10(9,3)6-7/h7-8H,5-6,12H2,1-4H3/t7?,8?,9-,10+. The van der Waals surface area contributed by atoms with E-state index in [1.807, 2.05) is 0 Å². The SMILES string of the molecule is CC1C[C@@]2(C)C(N(C)P)[C@@]2(C)C1. The van der Waals surface area contributed by atoms with Crippen LogP contribution in [0.15, 0.2) is 0 Å². The van der Waals surface area contributed by atoms with Gasteiger partial charge in [0.2, 0.25) is 0 Å². The Kier molecular flexibility index (Phi) is 1.68. The molecule has 2 fully saturated rings. The molecule has 12 heavy (non-hydrogen) atoms. The van der Waals surface area contributed by atoms with Crippen LogP contribution in [0, 0.1) is 16.7 Å². The number of rotatable bonds is 1. The molecule has 0 aromatic carbocycles. The summed E-state index contributed by atoms with van der Waals surface area (Å²) in [4.78, 5) is 0. The highest BCUT2D eigenvalue weighted by atomic mass is 31.0. The molecule has 2 saturated carbocycles. The molecule has 2 rings (SSSR count). The lowest BCUT2D eigenvalue weighted by Crippen LogP contribution is -2.19. The van der Waals surface area contributed by atoms with E-state index in [4.69, 9.17) is 0 Å². The highest BCUT2D eigenvalue weighted by Crippen LogP contribution is 2.76. The van der Waals surface area contributed by atoms with E-state index in [9.17, 15) is 0 Å². The molecule has 0 bridgehead atoms. The first-order valence-corrected chi connectivity index (χ1v) is 5.41. The van der Waals surface area contributed by atoms with Crippen molar-refractivity contribution in [2.45, 2.75) is 39.7 Å². The van der Waals surface area contributed by atoms with Crippen LogP contribution in [0.5, 0.6) is 0 Å². The predicted molar refractivity (Wildman–Crippen MR) is 55.9 cm³/mol. The molecular weight excluding hydrogens is 165 g/mol. The van der Waals surface area contributed by atoms with Gasteiger partial charge in [0.1, 0.15) is 0 Å². The zero-order chi connectivity index (χ0) is 9.15. The molecule has 0 aromatic heterocycles.